The zero-order valence-corrected chi connectivity index (χ0v) is 17.1. The first-order chi connectivity index (χ1) is 13.0. The maximum atomic E-state index is 12.5. The summed E-state index contributed by atoms with van der Waals surface area (Å²) in [4.78, 5) is 12.5. The Labute approximate surface area is 167 Å². The summed E-state index contributed by atoms with van der Waals surface area (Å²) in [5.41, 5.74) is 2.25. The molecule has 0 saturated carbocycles. The number of nitrogens with zero attached hydrogens (tertiary/aromatic N) is 1. The fourth-order valence-corrected chi connectivity index (χ4v) is 2.91. The van der Waals surface area contributed by atoms with Crippen molar-refractivity contribution in [1.82, 2.24) is 0 Å². The van der Waals surface area contributed by atoms with Crippen LogP contribution in [0.1, 0.15) is 25.0 Å². The Morgan fingerprint density at radius 2 is 1.89 bits per heavy atom. The number of ether oxygens (including phenoxy) is 2. The van der Waals surface area contributed by atoms with Gasteiger partial charge in [-0.3, -0.25) is 4.79 Å². The van der Waals surface area contributed by atoms with Crippen LogP contribution in [0.3, 0.4) is 0 Å². The van der Waals surface area contributed by atoms with Gasteiger partial charge in [0, 0.05) is 17.3 Å². The van der Waals surface area contributed by atoms with Crippen LogP contribution in [0, 0.1) is 18.3 Å². The molecule has 0 aliphatic rings. The van der Waals surface area contributed by atoms with Gasteiger partial charge >= 0.3 is 0 Å². The van der Waals surface area contributed by atoms with Gasteiger partial charge in [0.1, 0.15) is 23.1 Å². The molecule has 0 atom stereocenters. The van der Waals surface area contributed by atoms with Crippen molar-refractivity contribution in [2.45, 2.75) is 20.8 Å². The number of anilines is 1. The maximum absolute atomic E-state index is 12.5. The summed E-state index contributed by atoms with van der Waals surface area (Å²) >= 11 is 3.45. The lowest BCUT2D eigenvalue weighted by molar-refractivity contribution is -0.112. The number of nitrogens with one attached hydrogen (secondary N) is 1. The van der Waals surface area contributed by atoms with E-state index in [2.05, 4.69) is 21.2 Å². The summed E-state index contributed by atoms with van der Waals surface area (Å²) in [5, 5.41) is 12.2. The van der Waals surface area contributed by atoms with Crippen LogP contribution < -0.4 is 14.8 Å². The highest BCUT2D eigenvalue weighted by molar-refractivity contribution is 9.10. The Morgan fingerprint density at radius 1 is 1.19 bits per heavy atom. The van der Waals surface area contributed by atoms with Crippen LogP contribution in [0.25, 0.3) is 6.08 Å². The third-order valence-corrected chi connectivity index (χ3v) is 4.22. The van der Waals surface area contributed by atoms with Crippen LogP contribution in [0.5, 0.6) is 11.5 Å². The van der Waals surface area contributed by atoms with Crippen molar-refractivity contribution in [3.63, 3.8) is 0 Å². The van der Waals surface area contributed by atoms with E-state index in [1.165, 1.54) is 6.08 Å². The molecule has 0 spiro atoms. The van der Waals surface area contributed by atoms with Crippen LogP contribution in [0.15, 0.2) is 46.4 Å². The van der Waals surface area contributed by atoms with Crippen molar-refractivity contribution >= 4 is 33.6 Å². The summed E-state index contributed by atoms with van der Waals surface area (Å²) in [7, 11) is 0. The maximum Gasteiger partial charge on any atom is 0.266 e. The molecular weight excluding hydrogens is 408 g/mol. The lowest BCUT2D eigenvalue weighted by Crippen LogP contribution is -2.13. The zero-order chi connectivity index (χ0) is 19.8. The highest BCUT2D eigenvalue weighted by Gasteiger charge is 2.14. The molecule has 0 bridgehead atoms. The van der Waals surface area contributed by atoms with Crippen molar-refractivity contribution < 1.29 is 14.3 Å². The molecular formula is C21H21BrN2O3. The Bertz CT molecular complexity index is 901. The van der Waals surface area contributed by atoms with Gasteiger partial charge in [-0.05, 0) is 66.5 Å². The van der Waals surface area contributed by atoms with Gasteiger partial charge in [-0.1, -0.05) is 12.1 Å². The molecule has 0 aliphatic heterocycles. The van der Waals surface area contributed by atoms with E-state index in [1.54, 1.807) is 18.2 Å². The molecule has 140 valence electrons. The van der Waals surface area contributed by atoms with Gasteiger partial charge in [0.25, 0.3) is 5.91 Å². The minimum atomic E-state index is -0.476. The van der Waals surface area contributed by atoms with Crippen LogP contribution in [-0.4, -0.2) is 19.1 Å². The lowest BCUT2D eigenvalue weighted by Gasteiger charge is -2.13. The van der Waals surface area contributed by atoms with E-state index in [1.807, 2.05) is 45.0 Å². The number of halogens is 1. The number of nitriles is 1. The Balaban J connectivity index is 2.36. The summed E-state index contributed by atoms with van der Waals surface area (Å²) < 4.78 is 11.9. The number of carbonyl (C=O) groups excluding carboxylic acids is 1. The molecule has 1 N–H and O–H groups in total. The summed E-state index contributed by atoms with van der Waals surface area (Å²) in [6, 6.07) is 12.9. The molecule has 0 fully saturated rings. The molecule has 5 nitrogen and oxygen atoms in total. The smallest absolute Gasteiger partial charge is 0.266 e. The summed E-state index contributed by atoms with van der Waals surface area (Å²) in [5.74, 6) is 0.705. The Hall–Kier alpha value is -2.78. The number of rotatable bonds is 7. The lowest BCUT2D eigenvalue weighted by atomic mass is 10.1. The molecule has 0 aliphatic carbocycles. The largest absolute Gasteiger partial charge is 0.493 e. The SMILES string of the molecule is CCOc1cc(OCC)c(/C=C(/C#N)C(=O)Nc2cccc(C)c2)cc1Br. The summed E-state index contributed by atoms with van der Waals surface area (Å²) in [6.07, 6.45) is 1.51. The third kappa shape index (κ3) is 5.60. The zero-order valence-electron chi connectivity index (χ0n) is 15.5. The summed E-state index contributed by atoms with van der Waals surface area (Å²) in [6.45, 7) is 6.66. The molecule has 27 heavy (non-hydrogen) atoms. The van der Waals surface area contributed by atoms with Gasteiger partial charge < -0.3 is 14.8 Å². The average molecular weight is 429 g/mol. The fraction of sp³-hybridized carbons (Fsp3) is 0.238. The minimum absolute atomic E-state index is 0.0199. The predicted octanol–water partition coefficient (Wildman–Crippen LogP) is 5.10. The molecule has 0 aromatic heterocycles. The Kier molecular flexibility index (Phi) is 7.44. The monoisotopic (exact) mass is 428 g/mol. The van der Waals surface area contributed by atoms with Gasteiger partial charge in [0.05, 0.1) is 17.7 Å². The second-order valence-electron chi connectivity index (χ2n) is 5.68. The predicted molar refractivity (Wildman–Crippen MR) is 110 cm³/mol. The van der Waals surface area contributed by atoms with E-state index in [0.717, 1.165) is 10.0 Å². The van der Waals surface area contributed by atoms with Crippen LogP contribution in [0.2, 0.25) is 0 Å². The van der Waals surface area contributed by atoms with E-state index in [4.69, 9.17) is 9.47 Å². The van der Waals surface area contributed by atoms with Crippen molar-refractivity contribution in [3.8, 4) is 17.6 Å². The van der Waals surface area contributed by atoms with Gasteiger partial charge in [-0.15, -0.1) is 0 Å². The topological polar surface area (TPSA) is 71.3 Å². The van der Waals surface area contributed by atoms with E-state index in [-0.39, 0.29) is 5.57 Å². The third-order valence-electron chi connectivity index (χ3n) is 3.60. The van der Waals surface area contributed by atoms with Crippen LogP contribution >= 0.6 is 15.9 Å². The molecule has 0 saturated heterocycles. The molecule has 0 heterocycles. The van der Waals surface area contributed by atoms with Gasteiger partial charge in [0.15, 0.2) is 0 Å². The first-order valence-corrected chi connectivity index (χ1v) is 9.36. The first-order valence-electron chi connectivity index (χ1n) is 8.57. The number of hydrogen-bond donors (Lipinski definition) is 1. The average Bonchev–Trinajstić information content (AvgIpc) is 2.63. The molecule has 2 aromatic rings. The van der Waals surface area contributed by atoms with Crippen molar-refractivity contribution in [3.05, 3.63) is 57.6 Å². The number of aryl methyl sites for hydroxylation is 1. The molecule has 1 amide bonds. The number of benzene rings is 2. The van der Waals surface area contributed by atoms with Gasteiger partial charge in [0.2, 0.25) is 0 Å². The van der Waals surface area contributed by atoms with E-state index < -0.39 is 5.91 Å². The van der Waals surface area contributed by atoms with E-state index >= 15 is 0 Å². The molecule has 0 radical (unpaired) electrons. The molecule has 6 heteroatoms. The molecule has 2 rings (SSSR count). The number of hydrogen-bond acceptors (Lipinski definition) is 4. The van der Waals surface area contributed by atoms with Crippen molar-refractivity contribution in [2.24, 2.45) is 0 Å². The normalized spacial score (nSPS) is 10.9. The Morgan fingerprint density at radius 3 is 2.52 bits per heavy atom. The van der Waals surface area contributed by atoms with Gasteiger partial charge in [-0.25, -0.2) is 0 Å². The molecule has 2 aromatic carbocycles. The highest BCUT2D eigenvalue weighted by Crippen LogP contribution is 2.34. The first kappa shape index (κ1) is 20.5. The van der Waals surface area contributed by atoms with Crippen LogP contribution in [0.4, 0.5) is 5.69 Å². The standard InChI is InChI=1S/C21H21BrN2O3/c1-4-26-19-12-20(27-5-2)18(22)11-15(19)10-16(13-23)21(25)24-17-8-6-7-14(3)9-17/h6-12H,4-5H2,1-3H3,(H,24,25)/b16-10-. The quantitative estimate of drug-likeness (QED) is 0.491. The van der Waals surface area contributed by atoms with E-state index in [0.29, 0.717) is 36.0 Å². The number of carbonyl (C=O) groups is 1. The van der Waals surface area contributed by atoms with E-state index in [9.17, 15) is 10.1 Å². The minimum Gasteiger partial charge on any atom is -0.493 e. The fourth-order valence-electron chi connectivity index (χ4n) is 2.43. The second kappa shape index (κ2) is 9.79. The van der Waals surface area contributed by atoms with Crippen molar-refractivity contribution in [2.75, 3.05) is 18.5 Å². The second-order valence-corrected chi connectivity index (χ2v) is 6.53. The number of amides is 1. The molecule has 0 unspecified atom stereocenters. The van der Waals surface area contributed by atoms with Crippen molar-refractivity contribution in [1.29, 1.82) is 5.26 Å². The van der Waals surface area contributed by atoms with Crippen LogP contribution in [-0.2, 0) is 4.79 Å². The van der Waals surface area contributed by atoms with Gasteiger partial charge in [-0.2, -0.15) is 5.26 Å². The highest BCUT2D eigenvalue weighted by atomic mass is 79.9.